The van der Waals surface area contributed by atoms with Gasteiger partial charge in [-0.15, -0.1) is 0 Å². The smallest absolute Gasteiger partial charge is 0.417 e. The van der Waals surface area contributed by atoms with Gasteiger partial charge in [-0.25, -0.2) is 13.8 Å². The van der Waals surface area contributed by atoms with Crippen LogP contribution >= 0.6 is 11.6 Å². The molecule has 0 aliphatic heterocycles. The Labute approximate surface area is 209 Å². The summed E-state index contributed by atoms with van der Waals surface area (Å²) in [6.45, 7) is -0.905. The third-order valence-corrected chi connectivity index (χ3v) is 6.92. The highest BCUT2D eigenvalue weighted by atomic mass is 35.5. The van der Waals surface area contributed by atoms with E-state index in [0.29, 0.717) is 10.4 Å². The largest absolute Gasteiger partial charge is 0.504 e. The third-order valence-electron chi connectivity index (χ3n) is 4.80. The first kappa shape index (κ1) is 26.8. The molecule has 8 nitrogen and oxygen atoms in total. The van der Waals surface area contributed by atoms with E-state index in [4.69, 9.17) is 16.3 Å². The quantitative estimate of drug-likeness (QED) is 0.324. The number of anilines is 1. The van der Waals surface area contributed by atoms with Crippen LogP contribution in [0.25, 0.3) is 0 Å². The van der Waals surface area contributed by atoms with Crippen molar-refractivity contribution in [1.82, 2.24) is 5.43 Å². The van der Waals surface area contributed by atoms with Crippen LogP contribution < -0.4 is 14.5 Å². The van der Waals surface area contributed by atoms with Crippen molar-refractivity contribution in [2.75, 3.05) is 18.0 Å². The number of hydrazone groups is 1. The zero-order chi connectivity index (χ0) is 26.5. The predicted molar refractivity (Wildman–Crippen MR) is 128 cm³/mol. The molecule has 0 aromatic heterocycles. The van der Waals surface area contributed by atoms with Crippen molar-refractivity contribution < 1.29 is 36.2 Å². The Balaban J connectivity index is 1.93. The molecule has 2 N–H and O–H groups in total. The zero-order valence-corrected chi connectivity index (χ0v) is 20.1. The highest BCUT2D eigenvalue weighted by Crippen LogP contribution is 2.38. The number of para-hydroxylation sites is 1. The summed E-state index contributed by atoms with van der Waals surface area (Å²) in [6, 6.07) is 13.9. The number of nitrogens with one attached hydrogen (secondary N) is 1. The number of alkyl halides is 3. The Morgan fingerprint density at radius 1 is 1.14 bits per heavy atom. The van der Waals surface area contributed by atoms with Crippen LogP contribution in [0.5, 0.6) is 11.5 Å². The Hall–Kier alpha value is -3.77. The van der Waals surface area contributed by atoms with Crippen molar-refractivity contribution >= 4 is 39.4 Å². The summed E-state index contributed by atoms with van der Waals surface area (Å²) < 4.78 is 72.3. The third kappa shape index (κ3) is 6.07. The summed E-state index contributed by atoms with van der Waals surface area (Å²) in [5.41, 5.74) is 0.598. The van der Waals surface area contributed by atoms with Crippen molar-refractivity contribution in [3.63, 3.8) is 0 Å². The van der Waals surface area contributed by atoms with Gasteiger partial charge in [-0.05, 0) is 42.5 Å². The summed E-state index contributed by atoms with van der Waals surface area (Å²) in [6.07, 6.45) is -3.77. The highest BCUT2D eigenvalue weighted by molar-refractivity contribution is 7.92. The van der Waals surface area contributed by atoms with Gasteiger partial charge in [0.25, 0.3) is 15.9 Å². The Morgan fingerprint density at radius 3 is 2.47 bits per heavy atom. The monoisotopic (exact) mass is 541 g/mol. The van der Waals surface area contributed by atoms with Crippen LogP contribution in [0, 0.1) is 0 Å². The van der Waals surface area contributed by atoms with Gasteiger partial charge < -0.3 is 9.84 Å². The summed E-state index contributed by atoms with van der Waals surface area (Å²) in [7, 11) is -3.12. The standard InChI is InChI=1S/C23H19ClF3N3O5S/c1-35-20-9-5-6-15(22(20)32)13-28-29-21(31)14-30(36(33,34)17-7-3-2-4-8-17)16-10-11-19(24)18(12-16)23(25,26)27/h2-13,32H,14H2,1H3,(H,29,31). The number of sulfonamides is 1. The SMILES string of the molecule is COc1cccc(C=NNC(=O)CN(c2ccc(Cl)c(C(F)(F)F)c2)S(=O)(=O)c2ccccc2)c1O. The van der Waals surface area contributed by atoms with E-state index >= 15 is 0 Å². The molecule has 3 aromatic rings. The maximum Gasteiger partial charge on any atom is 0.417 e. The van der Waals surface area contributed by atoms with E-state index < -0.39 is 44.9 Å². The fourth-order valence-electron chi connectivity index (χ4n) is 3.07. The van der Waals surface area contributed by atoms with Crippen LogP contribution in [-0.2, 0) is 21.0 Å². The number of ether oxygens (including phenoxy) is 1. The molecule has 0 aliphatic carbocycles. The van der Waals surface area contributed by atoms with E-state index in [2.05, 4.69) is 10.5 Å². The lowest BCUT2D eigenvalue weighted by Crippen LogP contribution is -2.39. The van der Waals surface area contributed by atoms with Crippen LogP contribution in [0.4, 0.5) is 18.9 Å². The molecule has 0 bridgehead atoms. The molecule has 0 aliphatic rings. The van der Waals surface area contributed by atoms with Gasteiger partial charge in [0.05, 0.1) is 34.5 Å². The molecule has 13 heteroatoms. The maximum absolute atomic E-state index is 13.4. The van der Waals surface area contributed by atoms with Gasteiger partial charge in [0.1, 0.15) is 6.54 Å². The topological polar surface area (TPSA) is 108 Å². The first-order chi connectivity index (χ1) is 16.9. The van der Waals surface area contributed by atoms with Gasteiger partial charge in [-0.2, -0.15) is 18.3 Å². The molecule has 0 atom stereocenters. The Morgan fingerprint density at radius 2 is 1.83 bits per heavy atom. The van der Waals surface area contributed by atoms with Crippen LogP contribution in [0.1, 0.15) is 11.1 Å². The summed E-state index contributed by atoms with van der Waals surface area (Å²) in [5, 5.41) is 13.1. The van der Waals surface area contributed by atoms with Crippen LogP contribution in [-0.4, -0.2) is 39.3 Å². The van der Waals surface area contributed by atoms with Crippen molar-refractivity contribution in [3.05, 3.63) is 82.9 Å². The molecule has 0 fully saturated rings. The van der Waals surface area contributed by atoms with Gasteiger partial charge in [-0.1, -0.05) is 35.9 Å². The molecule has 36 heavy (non-hydrogen) atoms. The average molecular weight is 542 g/mol. The Kier molecular flexibility index (Phi) is 8.10. The van der Waals surface area contributed by atoms with E-state index in [1.165, 1.54) is 43.5 Å². The lowest BCUT2D eigenvalue weighted by Gasteiger charge is -2.24. The van der Waals surface area contributed by atoms with E-state index in [-0.39, 0.29) is 22.0 Å². The van der Waals surface area contributed by atoms with Gasteiger partial charge in [0.15, 0.2) is 11.5 Å². The van der Waals surface area contributed by atoms with E-state index in [1.807, 2.05) is 0 Å². The molecule has 190 valence electrons. The first-order valence-electron chi connectivity index (χ1n) is 10.1. The van der Waals surface area contributed by atoms with E-state index in [9.17, 15) is 31.5 Å². The fourth-order valence-corrected chi connectivity index (χ4v) is 4.73. The zero-order valence-electron chi connectivity index (χ0n) is 18.5. The van der Waals surface area contributed by atoms with Crippen LogP contribution in [0.3, 0.4) is 0 Å². The van der Waals surface area contributed by atoms with E-state index in [0.717, 1.165) is 18.3 Å². The number of benzene rings is 3. The summed E-state index contributed by atoms with van der Waals surface area (Å²) in [5.74, 6) is -1.04. The van der Waals surface area contributed by atoms with E-state index in [1.54, 1.807) is 12.1 Å². The van der Waals surface area contributed by atoms with Crippen molar-refractivity contribution in [2.24, 2.45) is 5.10 Å². The summed E-state index contributed by atoms with van der Waals surface area (Å²) >= 11 is 5.67. The number of hydrogen-bond donors (Lipinski definition) is 2. The summed E-state index contributed by atoms with van der Waals surface area (Å²) in [4.78, 5) is 12.3. The van der Waals surface area contributed by atoms with Gasteiger partial charge in [-0.3, -0.25) is 9.10 Å². The van der Waals surface area contributed by atoms with Crippen LogP contribution in [0.15, 0.2) is 76.7 Å². The number of methoxy groups -OCH3 is 1. The lowest BCUT2D eigenvalue weighted by molar-refractivity contribution is -0.137. The molecular formula is C23H19ClF3N3O5S. The predicted octanol–water partition coefficient (Wildman–Crippen LogP) is 4.42. The van der Waals surface area contributed by atoms with Crippen molar-refractivity contribution in [1.29, 1.82) is 0 Å². The van der Waals surface area contributed by atoms with Gasteiger partial charge in [0.2, 0.25) is 0 Å². The molecule has 0 unspecified atom stereocenters. The molecule has 0 heterocycles. The fraction of sp³-hybridized carbons (Fsp3) is 0.130. The molecule has 3 aromatic carbocycles. The second-order valence-electron chi connectivity index (χ2n) is 7.18. The number of hydrogen-bond acceptors (Lipinski definition) is 6. The molecule has 0 saturated heterocycles. The van der Waals surface area contributed by atoms with Gasteiger partial charge in [0, 0.05) is 5.56 Å². The first-order valence-corrected chi connectivity index (χ1v) is 11.9. The number of carbonyl (C=O) groups is 1. The number of halogens is 4. The second-order valence-corrected chi connectivity index (χ2v) is 9.45. The number of rotatable bonds is 8. The molecule has 0 saturated carbocycles. The normalized spacial score (nSPS) is 11.9. The minimum Gasteiger partial charge on any atom is -0.504 e. The highest BCUT2D eigenvalue weighted by Gasteiger charge is 2.35. The number of amides is 1. The number of carbonyl (C=O) groups excluding carboxylic acids is 1. The average Bonchev–Trinajstić information content (AvgIpc) is 2.84. The van der Waals surface area contributed by atoms with Gasteiger partial charge >= 0.3 is 6.18 Å². The minimum absolute atomic E-state index is 0.161. The molecule has 3 rings (SSSR count). The number of phenolic OH excluding ortho intramolecular Hbond substituents is 1. The maximum atomic E-state index is 13.4. The lowest BCUT2D eigenvalue weighted by atomic mass is 10.2. The molecular weight excluding hydrogens is 523 g/mol. The second kappa shape index (κ2) is 10.9. The van der Waals surface area contributed by atoms with Crippen molar-refractivity contribution in [3.8, 4) is 11.5 Å². The molecule has 1 amide bonds. The number of phenols is 1. The molecule has 0 radical (unpaired) electrons. The molecule has 0 spiro atoms. The minimum atomic E-state index is -4.86. The van der Waals surface area contributed by atoms with Crippen molar-refractivity contribution in [2.45, 2.75) is 11.1 Å². The van der Waals surface area contributed by atoms with Crippen LogP contribution in [0.2, 0.25) is 5.02 Å². The number of aromatic hydroxyl groups is 1. The Bertz CT molecular complexity index is 1380. The number of nitrogens with zero attached hydrogens (tertiary/aromatic N) is 2.